The van der Waals surface area contributed by atoms with Crippen molar-refractivity contribution in [3.63, 3.8) is 0 Å². The van der Waals surface area contributed by atoms with Crippen LogP contribution in [0.5, 0.6) is 0 Å². The van der Waals surface area contributed by atoms with Gasteiger partial charge in [0.25, 0.3) is 0 Å². The first-order valence-electron chi connectivity index (χ1n) is 5.32. The van der Waals surface area contributed by atoms with Crippen molar-refractivity contribution >= 4 is 10.8 Å². The number of hydrogen-bond acceptors (Lipinski definition) is 0. The summed E-state index contributed by atoms with van der Waals surface area (Å²) in [4.78, 5) is 0. The summed E-state index contributed by atoms with van der Waals surface area (Å²) in [6.45, 7) is 0. The van der Waals surface area contributed by atoms with Crippen molar-refractivity contribution in [3.05, 3.63) is 72.8 Å². The van der Waals surface area contributed by atoms with Gasteiger partial charge in [0.05, 0.1) is 0 Å². The van der Waals surface area contributed by atoms with Crippen molar-refractivity contribution < 1.29 is 84.3 Å². The predicted molar refractivity (Wildman–Crippen MR) is 67.1 cm³/mol. The van der Waals surface area contributed by atoms with E-state index in [9.17, 15) is 0 Å². The average Bonchev–Trinajstić information content (AvgIpc) is 2.39. The fourth-order valence-electron chi connectivity index (χ4n) is 1.83. The van der Waals surface area contributed by atoms with Crippen molar-refractivity contribution in [2.45, 2.75) is 0 Å². The summed E-state index contributed by atoms with van der Waals surface area (Å²) < 4.78 is 0. The minimum atomic E-state index is 0. The number of fused-ring (bicyclic) bond motifs is 1. The zero-order valence-corrected chi connectivity index (χ0v) is 22.1. The van der Waals surface area contributed by atoms with Crippen molar-refractivity contribution in [1.82, 2.24) is 0 Å². The van der Waals surface area contributed by atoms with Crippen LogP contribution >= 0.6 is 0 Å². The van der Waals surface area contributed by atoms with Crippen molar-refractivity contribution in [2.75, 3.05) is 0 Å². The standard InChI is InChI=1S/C16H10.4W/c1-2-6-13(7-3-1)16-11-10-14-8-4-5-9-15(14)12-16;;;;/h1-6,8-11H;;;;/q-2;;;;+2. The third-order valence-corrected chi connectivity index (χ3v) is 2.66. The molecule has 0 radical (unpaired) electrons. The zero-order chi connectivity index (χ0) is 10.8. The third-order valence-electron chi connectivity index (χ3n) is 2.66. The van der Waals surface area contributed by atoms with Crippen LogP contribution in [0.4, 0.5) is 0 Å². The second-order valence-electron chi connectivity index (χ2n) is 3.74. The molecule has 20 heavy (non-hydrogen) atoms. The van der Waals surface area contributed by atoms with Crippen LogP contribution in [0.2, 0.25) is 0 Å². The molecule has 0 saturated carbocycles. The molecular weight excluding hydrogens is 928 g/mol. The number of rotatable bonds is 1. The normalized spacial score (nSPS) is 8.40. The topological polar surface area (TPSA) is 0 Å². The van der Waals surface area contributed by atoms with Crippen LogP contribution in [0, 0.1) is 12.1 Å². The van der Waals surface area contributed by atoms with Crippen LogP contribution in [-0.4, -0.2) is 0 Å². The van der Waals surface area contributed by atoms with Gasteiger partial charge < -0.3 is 0 Å². The molecule has 3 aromatic rings. The molecule has 0 bridgehead atoms. The fourth-order valence-corrected chi connectivity index (χ4v) is 1.83. The van der Waals surface area contributed by atoms with E-state index in [1.54, 1.807) is 0 Å². The van der Waals surface area contributed by atoms with E-state index in [1.807, 2.05) is 30.3 Å². The molecule has 0 N–H and O–H groups in total. The van der Waals surface area contributed by atoms with Gasteiger partial charge in [-0.15, -0.1) is 23.6 Å². The van der Waals surface area contributed by atoms with Crippen LogP contribution < -0.4 is 0 Å². The van der Waals surface area contributed by atoms with Crippen molar-refractivity contribution in [2.24, 2.45) is 0 Å². The summed E-state index contributed by atoms with van der Waals surface area (Å²) in [5, 5.41) is 2.37. The first-order valence-corrected chi connectivity index (χ1v) is 5.32. The van der Waals surface area contributed by atoms with Crippen LogP contribution in [0.1, 0.15) is 0 Å². The molecule has 0 aliphatic carbocycles. The van der Waals surface area contributed by atoms with Crippen molar-refractivity contribution in [3.8, 4) is 11.1 Å². The van der Waals surface area contributed by atoms with E-state index in [0.29, 0.717) is 0 Å². The summed E-state index contributed by atoms with van der Waals surface area (Å²) in [6.07, 6.45) is 0. The van der Waals surface area contributed by atoms with E-state index in [4.69, 9.17) is 0 Å². The Balaban J connectivity index is 0. The average molecular weight is 938 g/mol. The molecular formula is C16H10W4. The molecule has 0 aliphatic heterocycles. The molecule has 0 amide bonds. The number of benzene rings is 3. The zero-order valence-electron chi connectivity index (χ0n) is 10.4. The van der Waals surface area contributed by atoms with E-state index in [2.05, 4.69) is 42.5 Å². The molecule has 0 unspecified atom stereocenters. The second-order valence-corrected chi connectivity index (χ2v) is 3.74. The van der Waals surface area contributed by atoms with E-state index in [-0.39, 0.29) is 84.3 Å². The third kappa shape index (κ3) is 5.46. The Morgan fingerprint density at radius 2 is 1.35 bits per heavy atom. The maximum absolute atomic E-state index is 3.41. The molecule has 0 spiro atoms. The first-order chi connectivity index (χ1) is 7.93. The SMILES string of the molecule is [W+2].[W].[W].[W].[c-]1ccccc1-c1[c-]c2ccccc2cc1. The van der Waals surface area contributed by atoms with Crippen LogP contribution in [0.3, 0.4) is 0 Å². The van der Waals surface area contributed by atoms with Gasteiger partial charge in [0.15, 0.2) is 0 Å². The molecule has 3 rings (SSSR count). The van der Waals surface area contributed by atoms with E-state index in [0.717, 1.165) is 16.5 Å². The molecule has 0 fully saturated rings. The van der Waals surface area contributed by atoms with E-state index >= 15 is 0 Å². The minimum absolute atomic E-state index is 0. The van der Waals surface area contributed by atoms with Gasteiger partial charge in [0.2, 0.25) is 0 Å². The van der Waals surface area contributed by atoms with Gasteiger partial charge in [-0.3, -0.25) is 0 Å². The molecule has 0 nitrogen and oxygen atoms in total. The van der Waals surface area contributed by atoms with Gasteiger partial charge in [0, 0.05) is 63.2 Å². The Bertz CT molecular complexity index is 623. The molecule has 3 aromatic carbocycles. The molecule has 0 heterocycles. The molecule has 0 saturated heterocycles. The van der Waals surface area contributed by atoms with Gasteiger partial charge in [-0.05, 0) is 0 Å². The Morgan fingerprint density at radius 1 is 0.650 bits per heavy atom. The Kier molecular flexibility index (Phi) is 12.9. The summed E-state index contributed by atoms with van der Waals surface area (Å²) >= 11 is 0. The minimum Gasteiger partial charge on any atom is -0.209 e. The summed E-state index contributed by atoms with van der Waals surface area (Å²) in [7, 11) is 0. The fraction of sp³-hybridized carbons (Fsp3) is 0. The molecule has 0 atom stereocenters. The quantitative estimate of drug-likeness (QED) is 0.323. The molecule has 4 heteroatoms. The Labute approximate surface area is 177 Å². The van der Waals surface area contributed by atoms with Crippen molar-refractivity contribution in [1.29, 1.82) is 0 Å². The van der Waals surface area contributed by atoms with Crippen LogP contribution in [0.25, 0.3) is 21.9 Å². The van der Waals surface area contributed by atoms with E-state index < -0.39 is 0 Å². The number of hydrogen-bond donors (Lipinski definition) is 0. The molecule has 0 aliphatic rings. The first kappa shape index (κ1) is 22.9. The van der Waals surface area contributed by atoms with Gasteiger partial charge >= 0.3 is 21.1 Å². The smallest absolute Gasteiger partial charge is 0.209 e. The Hall–Kier alpha value is 0.673. The largest absolute Gasteiger partial charge is 2.00 e. The van der Waals surface area contributed by atoms with Gasteiger partial charge in [-0.25, -0.2) is 5.56 Å². The predicted octanol–water partition coefficient (Wildman–Crippen LogP) is 4.10. The maximum atomic E-state index is 3.41. The summed E-state index contributed by atoms with van der Waals surface area (Å²) in [5.41, 5.74) is 2.19. The van der Waals surface area contributed by atoms with Gasteiger partial charge in [0.1, 0.15) is 0 Å². The summed E-state index contributed by atoms with van der Waals surface area (Å²) in [5.74, 6) is 0. The monoisotopic (exact) mass is 938 g/mol. The molecule has 98 valence electrons. The van der Waals surface area contributed by atoms with Gasteiger partial charge in [-0.1, -0.05) is 23.6 Å². The molecule has 0 aromatic heterocycles. The second kappa shape index (κ2) is 11.3. The maximum Gasteiger partial charge on any atom is 2.00 e. The Morgan fingerprint density at radius 3 is 2.05 bits per heavy atom. The van der Waals surface area contributed by atoms with Crippen LogP contribution in [0.15, 0.2) is 60.7 Å². The van der Waals surface area contributed by atoms with E-state index in [1.165, 1.54) is 5.39 Å². The summed E-state index contributed by atoms with van der Waals surface area (Å²) in [6, 6.07) is 27.1. The van der Waals surface area contributed by atoms with Gasteiger partial charge in [-0.2, -0.15) is 42.0 Å². The van der Waals surface area contributed by atoms with Crippen LogP contribution in [-0.2, 0) is 84.3 Å².